The quantitative estimate of drug-likeness (QED) is 0.805. The number of benzene rings is 1. The third kappa shape index (κ3) is 1.05. The fraction of sp³-hybridized carbons (Fsp3) is 0.600. The molecule has 1 fully saturated rings. The zero-order valence-electron chi connectivity index (χ0n) is 10.8. The minimum atomic E-state index is -0.755. The molecule has 1 aliphatic heterocycles. The molecule has 3 rings (SSSR count). The smallest absolute Gasteiger partial charge is 0.126 e. The second-order valence-electron chi connectivity index (χ2n) is 5.88. The molecule has 92 valence electrons. The van der Waals surface area contributed by atoms with Crippen LogP contribution in [-0.4, -0.2) is 10.7 Å². The van der Waals surface area contributed by atoms with Crippen LogP contribution in [0, 0.1) is 5.41 Å². The Bertz CT molecular complexity index is 470. The van der Waals surface area contributed by atoms with E-state index >= 15 is 0 Å². The maximum Gasteiger partial charge on any atom is 0.126 e. The summed E-state index contributed by atoms with van der Waals surface area (Å²) in [4.78, 5) is 0. The lowest BCUT2D eigenvalue weighted by molar-refractivity contribution is -0.252. The number of hydrogen-bond donors (Lipinski definition) is 1. The average Bonchev–Trinajstić information content (AvgIpc) is 2.35. The highest BCUT2D eigenvalue weighted by Gasteiger charge is 2.68. The van der Waals surface area contributed by atoms with Crippen LogP contribution in [0.15, 0.2) is 24.3 Å². The van der Waals surface area contributed by atoms with Gasteiger partial charge < -0.3 is 9.84 Å². The Balaban J connectivity index is 2.24. The maximum atomic E-state index is 11.2. The van der Waals surface area contributed by atoms with Gasteiger partial charge in [-0.05, 0) is 32.3 Å². The molecule has 0 bridgehead atoms. The molecule has 1 aromatic carbocycles. The predicted octanol–water partition coefficient (Wildman–Crippen LogP) is 3.24. The van der Waals surface area contributed by atoms with Gasteiger partial charge in [-0.1, -0.05) is 32.0 Å². The Morgan fingerprint density at radius 1 is 1.24 bits per heavy atom. The van der Waals surface area contributed by atoms with E-state index in [4.69, 9.17) is 4.74 Å². The van der Waals surface area contributed by atoms with Crippen molar-refractivity contribution < 1.29 is 9.84 Å². The van der Waals surface area contributed by atoms with Gasteiger partial charge in [-0.2, -0.15) is 0 Å². The van der Waals surface area contributed by atoms with E-state index in [1.807, 2.05) is 24.3 Å². The molecule has 2 nitrogen and oxygen atoms in total. The first-order chi connectivity index (χ1) is 7.97. The lowest BCUT2D eigenvalue weighted by atomic mass is 9.47. The Morgan fingerprint density at radius 3 is 2.53 bits per heavy atom. The van der Waals surface area contributed by atoms with E-state index in [1.165, 1.54) is 0 Å². The minimum Gasteiger partial charge on any atom is -0.486 e. The highest BCUT2D eigenvalue weighted by molar-refractivity contribution is 5.45. The average molecular weight is 232 g/mol. The maximum absolute atomic E-state index is 11.2. The first-order valence-corrected chi connectivity index (χ1v) is 6.48. The first-order valence-electron chi connectivity index (χ1n) is 6.48. The van der Waals surface area contributed by atoms with Gasteiger partial charge in [-0.3, -0.25) is 0 Å². The van der Waals surface area contributed by atoms with Crippen molar-refractivity contribution >= 4 is 0 Å². The van der Waals surface area contributed by atoms with Crippen molar-refractivity contribution in [2.75, 3.05) is 0 Å². The molecule has 0 aromatic heterocycles. The van der Waals surface area contributed by atoms with E-state index in [2.05, 4.69) is 20.8 Å². The van der Waals surface area contributed by atoms with Gasteiger partial charge >= 0.3 is 0 Å². The molecular weight excluding hydrogens is 212 g/mol. The molecule has 1 saturated carbocycles. The summed E-state index contributed by atoms with van der Waals surface area (Å²) in [6, 6.07) is 7.92. The number of fused-ring (bicyclic) bond motifs is 2. The molecule has 0 radical (unpaired) electrons. The monoisotopic (exact) mass is 232 g/mol. The van der Waals surface area contributed by atoms with E-state index in [1.54, 1.807) is 0 Å². The van der Waals surface area contributed by atoms with Crippen molar-refractivity contribution in [2.24, 2.45) is 5.41 Å². The molecule has 2 aliphatic rings. The summed E-state index contributed by atoms with van der Waals surface area (Å²) in [5, 5.41) is 11.2. The fourth-order valence-corrected chi connectivity index (χ4v) is 3.68. The molecule has 1 N–H and O–H groups in total. The van der Waals surface area contributed by atoms with E-state index in [-0.39, 0.29) is 11.0 Å². The largest absolute Gasteiger partial charge is 0.486 e. The summed E-state index contributed by atoms with van der Waals surface area (Å²) in [6.45, 7) is 6.36. The van der Waals surface area contributed by atoms with E-state index in [0.717, 1.165) is 30.6 Å². The molecule has 0 spiro atoms. The van der Waals surface area contributed by atoms with Crippen molar-refractivity contribution in [3.05, 3.63) is 29.8 Å². The van der Waals surface area contributed by atoms with Crippen LogP contribution in [0.5, 0.6) is 5.75 Å². The normalized spacial score (nSPS) is 43.1. The molecule has 1 aliphatic carbocycles. The van der Waals surface area contributed by atoms with Gasteiger partial charge in [0, 0.05) is 11.0 Å². The van der Waals surface area contributed by atoms with Gasteiger partial charge in [0.25, 0.3) is 0 Å². The zero-order valence-corrected chi connectivity index (χ0v) is 10.8. The van der Waals surface area contributed by atoms with Gasteiger partial charge in [-0.25, -0.2) is 0 Å². The second-order valence-corrected chi connectivity index (χ2v) is 5.88. The SMILES string of the molecule is CC[C@]1(O)c2ccccc2O[C@@]2(C)CC[C@]21C. The molecule has 1 heterocycles. The van der Waals surface area contributed by atoms with Crippen LogP contribution < -0.4 is 4.74 Å². The summed E-state index contributed by atoms with van der Waals surface area (Å²) in [5.74, 6) is 0.858. The Labute approximate surface area is 103 Å². The standard InChI is InChI=1S/C15H20O2/c1-4-15(16)11-7-5-6-8-12(11)17-14(3)10-9-13(14,15)2/h5-8,16H,4,9-10H2,1-3H3/t13-,14+,15+/m1/s1. The molecule has 1 aromatic rings. The Hall–Kier alpha value is -1.02. The topological polar surface area (TPSA) is 29.5 Å². The van der Waals surface area contributed by atoms with Gasteiger partial charge in [0.15, 0.2) is 0 Å². The first kappa shape index (κ1) is 11.1. The molecule has 0 saturated heterocycles. The minimum absolute atomic E-state index is 0.164. The molecule has 0 unspecified atom stereocenters. The lowest BCUT2D eigenvalue weighted by Crippen LogP contribution is -2.69. The van der Waals surface area contributed by atoms with Crippen LogP contribution >= 0.6 is 0 Å². The third-order valence-electron chi connectivity index (χ3n) is 5.36. The zero-order chi connectivity index (χ0) is 12.3. The van der Waals surface area contributed by atoms with Crippen LogP contribution in [0.1, 0.15) is 45.6 Å². The van der Waals surface area contributed by atoms with Gasteiger partial charge in [0.1, 0.15) is 17.0 Å². The Kier molecular flexibility index (Phi) is 1.99. The summed E-state index contributed by atoms with van der Waals surface area (Å²) < 4.78 is 6.16. The number of ether oxygens (including phenoxy) is 1. The summed E-state index contributed by atoms with van der Waals surface area (Å²) in [7, 11) is 0. The highest BCUT2D eigenvalue weighted by atomic mass is 16.5. The second kappa shape index (κ2) is 3.05. The lowest BCUT2D eigenvalue weighted by Gasteiger charge is -2.65. The van der Waals surface area contributed by atoms with E-state index in [0.29, 0.717) is 0 Å². The summed E-state index contributed by atoms with van der Waals surface area (Å²) >= 11 is 0. The van der Waals surface area contributed by atoms with E-state index in [9.17, 15) is 5.11 Å². The Morgan fingerprint density at radius 2 is 1.94 bits per heavy atom. The number of hydrogen-bond acceptors (Lipinski definition) is 2. The van der Waals surface area contributed by atoms with Crippen molar-refractivity contribution in [3.63, 3.8) is 0 Å². The molecule has 0 amide bonds. The van der Waals surface area contributed by atoms with Gasteiger partial charge in [0.2, 0.25) is 0 Å². The van der Waals surface area contributed by atoms with Crippen molar-refractivity contribution in [1.82, 2.24) is 0 Å². The van der Waals surface area contributed by atoms with Crippen LogP contribution in [-0.2, 0) is 5.60 Å². The van der Waals surface area contributed by atoms with Crippen molar-refractivity contribution in [3.8, 4) is 5.75 Å². The summed E-state index contributed by atoms with van der Waals surface area (Å²) in [6.07, 6.45) is 2.79. The van der Waals surface area contributed by atoms with Crippen LogP contribution in [0.3, 0.4) is 0 Å². The van der Waals surface area contributed by atoms with Crippen molar-refractivity contribution in [1.29, 1.82) is 0 Å². The fourth-order valence-electron chi connectivity index (χ4n) is 3.68. The molecule has 2 heteroatoms. The van der Waals surface area contributed by atoms with Gasteiger partial charge in [0.05, 0.1) is 0 Å². The van der Waals surface area contributed by atoms with E-state index < -0.39 is 5.60 Å². The molecule has 17 heavy (non-hydrogen) atoms. The number of para-hydroxylation sites is 1. The van der Waals surface area contributed by atoms with Crippen LogP contribution in [0.2, 0.25) is 0 Å². The highest BCUT2D eigenvalue weighted by Crippen LogP contribution is 2.66. The number of aliphatic hydroxyl groups is 1. The predicted molar refractivity (Wildman–Crippen MR) is 67.0 cm³/mol. The van der Waals surface area contributed by atoms with Gasteiger partial charge in [-0.15, -0.1) is 0 Å². The third-order valence-corrected chi connectivity index (χ3v) is 5.36. The number of rotatable bonds is 1. The van der Waals surface area contributed by atoms with Crippen LogP contribution in [0.25, 0.3) is 0 Å². The van der Waals surface area contributed by atoms with Crippen LogP contribution in [0.4, 0.5) is 0 Å². The molecular formula is C15H20O2. The van der Waals surface area contributed by atoms with Crippen molar-refractivity contribution in [2.45, 2.75) is 51.2 Å². The molecule has 3 atom stereocenters. The summed E-state index contributed by atoms with van der Waals surface area (Å²) in [5.41, 5.74) is -0.175.